The highest BCUT2D eigenvalue weighted by Crippen LogP contribution is 2.26. The minimum atomic E-state index is -0.309. The monoisotopic (exact) mass is 213 g/mol. The Balaban J connectivity index is 2.46. The Morgan fingerprint density at radius 2 is 2.13 bits per heavy atom. The third kappa shape index (κ3) is 3.82. The van der Waals surface area contributed by atoms with Gasteiger partial charge in [0.1, 0.15) is 0 Å². The van der Waals surface area contributed by atoms with E-state index in [9.17, 15) is 9.90 Å². The third-order valence-corrected chi connectivity index (χ3v) is 2.82. The second kappa shape index (κ2) is 4.52. The molecule has 1 N–H and O–H groups in total. The fourth-order valence-corrected chi connectivity index (χ4v) is 2.26. The number of nitrogens with zero attached hydrogens (tertiary/aromatic N) is 1. The highest BCUT2D eigenvalue weighted by molar-refractivity contribution is 5.78. The molecule has 0 saturated carbocycles. The van der Waals surface area contributed by atoms with Crippen LogP contribution in [0.2, 0.25) is 0 Å². The van der Waals surface area contributed by atoms with Crippen LogP contribution in [0.3, 0.4) is 0 Å². The molecule has 3 heteroatoms. The molecule has 0 aromatic heterocycles. The van der Waals surface area contributed by atoms with Gasteiger partial charge in [0, 0.05) is 19.0 Å². The van der Waals surface area contributed by atoms with E-state index in [1.165, 1.54) is 0 Å². The van der Waals surface area contributed by atoms with E-state index in [0.717, 1.165) is 12.8 Å². The summed E-state index contributed by atoms with van der Waals surface area (Å²) >= 11 is 0. The van der Waals surface area contributed by atoms with Gasteiger partial charge in [0.05, 0.1) is 6.10 Å². The van der Waals surface area contributed by atoms with Crippen molar-refractivity contribution in [2.75, 3.05) is 13.1 Å². The SMILES string of the molecule is CC(CC(C)(C)C)C(=O)N1CCC(O)C1. The molecule has 0 aromatic rings. The number of amides is 1. The summed E-state index contributed by atoms with van der Waals surface area (Å²) in [5.41, 5.74) is 0.188. The normalized spacial score (nSPS) is 24.3. The minimum Gasteiger partial charge on any atom is -0.391 e. The number of likely N-dealkylation sites (tertiary alicyclic amines) is 1. The quantitative estimate of drug-likeness (QED) is 0.757. The van der Waals surface area contributed by atoms with Crippen molar-refractivity contribution >= 4 is 5.91 Å². The first-order valence-corrected chi connectivity index (χ1v) is 5.76. The standard InChI is InChI=1S/C12H23NO2/c1-9(7-12(2,3)4)11(15)13-6-5-10(14)8-13/h9-10,14H,5-8H2,1-4H3. The van der Waals surface area contributed by atoms with Crippen molar-refractivity contribution in [2.45, 2.75) is 46.6 Å². The van der Waals surface area contributed by atoms with E-state index < -0.39 is 0 Å². The van der Waals surface area contributed by atoms with Crippen molar-refractivity contribution < 1.29 is 9.90 Å². The Morgan fingerprint density at radius 3 is 2.53 bits per heavy atom. The summed E-state index contributed by atoms with van der Waals surface area (Å²) in [7, 11) is 0. The van der Waals surface area contributed by atoms with Crippen LogP contribution in [0.5, 0.6) is 0 Å². The fourth-order valence-electron chi connectivity index (χ4n) is 2.26. The van der Waals surface area contributed by atoms with Crippen molar-refractivity contribution in [3.05, 3.63) is 0 Å². The maximum atomic E-state index is 12.0. The molecule has 3 nitrogen and oxygen atoms in total. The van der Waals surface area contributed by atoms with E-state index in [-0.39, 0.29) is 23.3 Å². The lowest BCUT2D eigenvalue weighted by Crippen LogP contribution is -2.35. The molecular weight excluding hydrogens is 190 g/mol. The lowest BCUT2D eigenvalue weighted by atomic mass is 9.85. The fraction of sp³-hybridized carbons (Fsp3) is 0.917. The lowest BCUT2D eigenvalue weighted by Gasteiger charge is -2.26. The topological polar surface area (TPSA) is 40.5 Å². The largest absolute Gasteiger partial charge is 0.391 e. The summed E-state index contributed by atoms with van der Waals surface area (Å²) in [5.74, 6) is 0.261. The number of carbonyl (C=O) groups excluding carboxylic acids is 1. The zero-order valence-corrected chi connectivity index (χ0v) is 10.3. The van der Waals surface area contributed by atoms with Gasteiger partial charge >= 0.3 is 0 Å². The number of aliphatic hydroxyl groups excluding tert-OH is 1. The average Bonchev–Trinajstić information content (AvgIpc) is 2.47. The Kier molecular flexibility index (Phi) is 3.77. The van der Waals surface area contributed by atoms with Crippen molar-refractivity contribution in [2.24, 2.45) is 11.3 Å². The van der Waals surface area contributed by atoms with E-state index in [0.29, 0.717) is 13.1 Å². The molecule has 0 radical (unpaired) electrons. The average molecular weight is 213 g/mol. The molecule has 2 unspecified atom stereocenters. The smallest absolute Gasteiger partial charge is 0.225 e. The second-order valence-corrected chi connectivity index (χ2v) is 5.89. The highest BCUT2D eigenvalue weighted by atomic mass is 16.3. The molecule has 0 spiro atoms. The van der Waals surface area contributed by atoms with Crippen LogP contribution >= 0.6 is 0 Å². The molecule has 1 aliphatic rings. The van der Waals surface area contributed by atoms with Crippen LogP contribution in [0.25, 0.3) is 0 Å². The van der Waals surface area contributed by atoms with Crippen molar-refractivity contribution in [3.63, 3.8) is 0 Å². The summed E-state index contributed by atoms with van der Waals surface area (Å²) in [6.45, 7) is 9.67. The van der Waals surface area contributed by atoms with Crippen molar-refractivity contribution in [1.82, 2.24) is 4.90 Å². The first-order chi connectivity index (χ1) is 6.79. The maximum Gasteiger partial charge on any atom is 0.225 e. The molecule has 1 aliphatic heterocycles. The number of β-amino-alcohol motifs (C(OH)–C–C–N with tert-alkyl or cyclic N) is 1. The molecule has 0 aromatic carbocycles. The van der Waals surface area contributed by atoms with Crippen LogP contribution in [0.1, 0.15) is 40.5 Å². The van der Waals surface area contributed by atoms with Crippen LogP contribution in [0, 0.1) is 11.3 Å². The molecule has 1 saturated heterocycles. The number of hydrogen-bond donors (Lipinski definition) is 1. The van der Waals surface area contributed by atoms with Gasteiger partial charge in [-0.25, -0.2) is 0 Å². The van der Waals surface area contributed by atoms with Crippen LogP contribution in [-0.2, 0) is 4.79 Å². The molecular formula is C12H23NO2. The lowest BCUT2D eigenvalue weighted by molar-refractivity contribution is -0.135. The van der Waals surface area contributed by atoms with E-state index in [4.69, 9.17) is 0 Å². The summed E-state index contributed by atoms with van der Waals surface area (Å²) in [5, 5.41) is 9.37. The van der Waals surface area contributed by atoms with Gasteiger partial charge in [-0.1, -0.05) is 27.7 Å². The van der Waals surface area contributed by atoms with Gasteiger partial charge in [0.15, 0.2) is 0 Å². The summed E-state index contributed by atoms with van der Waals surface area (Å²) in [6, 6.07) is 0. The van der Waals surface area contributed by atoms with Crippen LogP contribution in [0.15, 0.2) is 0 Å². The van der Waals surface area contributed by atoms with Gasteiger partial charge in [0.25, 0.3) is 0 Å². The summed E-state index contributed by atoms with van der Waals surface area (Å²) in [6.07, 6.45) is 1.32. The minimum absolute atomic E-state index is 0.0651. The second-order valence-electron chi connectivity index (χ2n) is 5.89. The molecule has 1 amide bonds. The van der Waals surface area contributed by atoms with E-state index in [1.807, 2.05) is 6.92 Å². The van der Waals surface area contributed by atoms with Gasteiger partial charge in [-0.05, 0) is 18.3 Å². The molecule has 88 valence electrons. The predicted molar refractivity (Wildman–Crippen MR) is 60.4 cm³/mol. The Morgan fingerprint density at radius 1 is 1.53 bits per heavy atom. The molecule has 1 rings (SSSR count). The molecule has 0 aliphatic carbocycles. The predicted octanol–water partition coefficient (Wildman–Crippen LogP) is 1.65. The number of aliphatic hydroxyl groups is 1. The van der Waals surface area contributed by atoms with Crippen molar-refractivity contribution in [3.8, 4) is 0 Å². The summed E-state index contributed by atoms with van der Waals surface area (Å²) < 4.78 is 0. The molecule has 15 heavy (non-hydrogen) atoms. The zero-order valence-electron chi connectivity index (χ0n) is 10.3. The number of carbonyl (C=O) groups is 1. The van der Waals surface area contributed by atoms with E-state index in [2.05, 4.69) is 20.8 Å². The maximum absolute atomic E-state index is 12.0. The van der Waals surface area contributed by atoms with Gasteiger partial charge < -0.3 is 10.0 Å². The van der Waals surface area contributed by atoms with Crippen LogP contribution in [0.4, 0.5) is 0 Å². The van der Waals surface area contributed by atoms with Crippen LogP contribution in [-0.4, -0.2) is 35.1 Å². The molecule has 0 bridgehead atoms. The summed E-state index contributed by atoms with van der Waals surface area (Å²) in [4.78, 5) is 13.8. The zero-order chi connectivity index (χ0) is 11.6. The molecule has 1 heterocycles. The Bertz CT molecular complexity index is 232. The number of rotatable bonds is 2. The molecule has 2 atom stereocenters. The first kappa shape index (κ1) is 12.5. The van der Waals surface area contributed by atoms with Crippen molar-refractivity contribution in [1.29, 1.82) is 0 Å². The van der Waals surface area contributed by atoms with Gasteiger partial charge in [-0.2, -0.15) is 0 Å². The third-order valence-electron chi connectivity index (χ3n) is 2.82. The Labute approximate surface area is 92.5 Å². The molecule has 1 fully saturated rings. The van der Waals surface area contributed by atoms with Gasteiger partial charge in [0.2, 0.25) is 5.91 Å². The first-order valence-electron chi connectivity index (χ1n) is 5.76. The highest BCUT2D eigenvalue weighted by Gasteiger charge is 2.29. The Hall–Kier alpha value is -0.570. The van der Waals surface area contributed by atoms with Gasteiger partial charge in [-0.3, -0.25) is 4.79 Å². The van der Waals surface area contributed by atoms with Crippen LogP contribution < -0.4 is 0 Å². The number of hydrogen-bond acceptors (Lipinski definition) is 2. The van der Waals surface area contributed by atoms with Gasteiger partial charge in [-0.15, -0.1) is 0 Å². The van der Waals surface area contributed by atoms with E-state index >= 15 is 0 Å². The van der Waals surface area contributed by atoms with E-state index in [1.54, 1.807) is 4.90 Å².